The fourth-order valence-corrected chi connectivity index (χ4v) is 2.52. The van der Waals surface area contributed by atoms with Crippen LogP contribution >= 0.6 is 0 Å². The lowest BCUT2D eigenvalue weighted by molar-refractivity contribution is 0.572. The molecule has 0 rings (SSSR count). The minimum Gasteiger partial charge on any atom is -0.330 e. The Morgan fingerprint density at radius 2 is 0.348 bits per heavy atom. The van der Waals surface area contributed by atoms with Gasteiger partial charge in [-0.3, -0.25) is 0 Å². The Morgan fingerprint density at radius 1 is 0.217 bits per heavy atom. The van der Waals surface area contributed by atoms with Crippen LogP contribution in [0.3, 0.4) is 0 Å². The van der Waals surface area contributed by atoms with Gasteiger partial charge in [0.1, 0.15) is 0 Å². The summed E-state index contributed by atoms with van der Waals surface area (Å²) in [6, 6.07) is 0. The molecule has 0 saturated carbocycles. The quantitative estimate of drug-likeness (QED) is 0.305. The highest BCUT2D eigenvalue weighted by Crippen LogP contribution is 2.07. The average molecular weight is 331 g/mol. The first-order chi connectivity index (χ1) is 11.3. The summed E-state index contributed by atoms with van der Waals surface area (Å²) in [5.74, 6) is 0. The molecule has 0 aromatic carbocycles. The zero-order chi connectivity index (χ0) is 17.4. The summed E-state index contributed by atoms with van der Waals surface area (Å²) >= 11 is 0. The molecular weight excluding hydrogens is 284 g/mol. The minimum absolute atomic E-state index is 0.850. The van der Waals surface area contributed by atoms with Crippen molar-refractivity contribution >= 4 is 0 Å². The van der Waals surface area contributed by atoms with E-state index in [-0.39, 0.29) is 0 Å². The molecule has 0 atom stereocenters. The van der Waals surface area contributed by atoms with E-state index >= 15 is 0 Å². The smallest absolute Gasteiger partial charge is 0.00773 e. The van der Waals surface area contributed by atoms with Crippen LogP contribution in [-0.2, 0) is 0 Å². The van der Waals surface area contributed by atoms with Gasteiger partial charge in [0.15, 0.2) is 0 Å². The highest BCUT2D eigenvalue weighted by Gasteiger charge is 1.90. The van der Waals surface area contributed by atoms with Crippen molar-refractivity contribution in [3.8, 4) is 0 Å². The average Bonchev–Trinajstić information content (AvgIpc) is 2.57. The fourth-order valence-electron chi connectivity index (χ4n) is 2.52. The summed E-state index contributed by atoms with van der Waals surface area (Å²) in [6.07, 6.45) is 19.6. The number of unbranched alkanes of at least 4 members (excludes halogenated alkanes) is 13. The van der Waals surface area contributed by atoms with Crippen molar-refractivity contribution in [2.75, 3.05) is 26.2 Å². The lowest BCUT2D eigenvalue weighted by Crippen LogP contribution is -1.98. The Balaban J connectivity index is 0. The topological polar surface area (TPSA) is 104 Å². The van der Waals surface area contributed by atoms with E-state index < -0.39 is 0 Å². The first-order valence-corrected chi connectivity index (χ1v) is 10.1. The van der Waals surface area contributed by atoms with Crippen molar-refractivity contribution in [3.63, 3.8) is 0 Å². The van der Waals surface area contributed by atoms with Crippen molar-refractivity contribution in [2.45, 2.75) is 96.3 Å². The number of rotatable bonds is 17. The highest BCUT2D eigenvalue weighted by atomic mass is 14.5. The van der Waals surface area contributed by atoms with Gasteiger partial charge in [-0.2, -0.15) is 0 Å². The van der Waals surface area contributed by atoms with Crippen LogP contribution < -0.4 is 22.9 Å². The van der Waals surface area contributed by atoms with Crippen LogP contribution in [0.25, 0.3) is 0 Å². The molecule has 0 aromatic heterocycles. The molecule has 0 aliphatic carbocycles. The van der Waals surface area contributed by atoms with Crippen molar-refractivity contribution in [2.24, 2.45) is 22.9 Å². The lowest BCUT2D eigenvalue weighted by Gasteiger charge is -2.00. The van der Waals surface area contributed by atoms with Crippen molar-refractivity contribution < 1.29 is 0 Å². The van der Waals surface area contributed by atoms with Gasteiger partial charge in [0.05, 0.1) is 0 Å². The first-order valence-electron chi connectivity index (χ1n) is 10.1. The Bertz CT molecular complexity index is 159. The van der Waals surface area contributed by atoms with Gasteiger partial charge in [-0.15, -0.1) is 0 Å². The molecule has 4 nitrogen and oxygen atoms in total. The molecule has 8 N–H and O–H groups in total. The van der Waals surface area contributed by atoms with Crippen LogP contribution in [0.2, 0.25) is 0 Å². The largest absolute Gasteiger partial charge is 0.330 e. The first kappa shape index (κ1) is 25.1. The second-order valence-electron chi connectivity index (χ2n) is 6.46. The van der Waals surface area contributed by atoms with Gasteiger partial charge < -0.3 is 22.9 Å². The summed E-state index contributed by atoms with van der Waals surface area (Å²) in [4.78, 5) is 0. The van der Waals surface area contributed by atoms with Gasteiger partial charge in [0.2, 0.25) is 0 Å². The second-order valence-corrected chi connectivity index (χ2v) is 6.46. The van der Waals surface area contributed by atoms with Crippen molar-refractivity contribution in [3.05, 3.63) is 0 Å². The van der Waals surface area contributed by atoms with Crippen LogP contribution in [0.15, 0.2) is 0 Å². The second kappa shape index (κ2) is 26.7. The Kier molecular flexibility index (Phi) is 29.1. The fraction of sp³-hybridized carbons (Fsp3) is 1.00. The lowest BCUT2D eigenvalue weighted by atomic mass is 10.1. The third kappa shape index (κ3) is 30.3. The molecular formula is C19H46N4. The third-order valence-corrected chi connectivity index (χ3v) is 4.07. The van der Waals surface area contributed by atoms with E-state index in [1.165, 1.54) is 96.3 Å². The summed E-state index contributed by atoms with van der Waals surface area (Å²) in [5.41, 5.74) is 21.5. The van der Waals surface area contributed by atoms with Gasteiger partial charge in [0, 0.05) is 0 Å². The Morgan fingerprint density at radius 3 is 0.478 bits per heavy atom. The normalized spacial score (nSPS) is 10.4. The van der Waals surface area contributed by atoms with Gasteiger partial charge in [0.25, 0.3) is 0 Å². The molecule has 23 heavy (non-hydrogen) atoms. The van der Waals surface area contributed by atoms with Crippen LogP contribution in [0, 0.1) is 0 Å². The van der Waals surface area contributed by atoms with Gasteiger partial charge >= 0.3 is 0 Å². The predicted octanol–water partition coefficient (Wildman–Crippen LogP) is 3.66. The summed E-state index contributed by atoms with van der Waals surface area (Å²) in [7, 11) is 0. The van der Waals surface area contributed by atoms with Crippen LogP contribution in [0.1, 0.15) is 96.3 Å². The summed E-state index contributed by atoms with van der Waals surface area (Å²) < 4.78 is 0. The molecule has 142 valence electrons. The molecule has 0 spiro atoms. The van der Waals surface area contributed by atoms with E-state index in [9.17, 15) is 0 Å². The zero-order valence-electron chi connectivity index (χ0n) is 15.7. The van der Waals surface area contributed by atoms with E-state index in [1.54, 1.807) is 0 Å². The SMILES string of the molecule is NCCCCCCCCCCN.NCCCCCCCCCN. The molecule has 0 unspecified atom stereocenters. The summed E-state index contributed by atoms with van der Waals surface area (Å²) in [5, 5.41) is 0. The number of nitrogens with two attached hydrogens (primary N) is 4. The monoisotopic (exact) mass is 330 g/mol. The third-order valence-electron chi connectivity index (χ3n) is 4.07. The molecule has 0 saturated heterocycles. The Labute approximate surface area is 146 Å². The molecule has 0 aliphatic heterocycles. The molecule has 0 heterocycles. The highest BCUT2D eigenvalue weighted by molar-refractivity contribution is 4.48. The molecule has 0 radical (unpaired) electrons. The van der Waals surface area contributed by atoms with Crippen molar-refractivity contribution in [1.82, 2.24) is 0 Å². The van der Waals surface area contributed by atoms with E-state index in [0.29, 0.717) is 0 Å². The van der Waals surface area contributed by atoms with E-state index in [4.69, 9.17) is 22.9 Å². The molecule has 0 aliphatic rings. The maximum atomic E-state index is 5.40. The van der Waals surface area contributed by atoms with Crippen LogP contribution in [0.5, 0.6) is 0 Å². The number of hydrogen-bond acceptors (Lipinski definition) is 4. The van der Waals surface area contributed by atoms with E-state index in [1.807, 2.05) is 0 Å². The maximum Gasteiger partial charge on any atom is -0.00773 e. The minimum atomic E-state index is 0.850. The van der Waals surface area contributed by atoms with Crippen LogP contribution in [0.4, 0.5) is 0 Å². The van der Waals surface area contributed by atoms with Gasteiger partial charge in [-0.05, 0) is 51.9 Å². The maximum absolute atomic E-state index is 5.40. The van der Waals surface area contributed by atoms with E-state index in [2.05, 4.69) is 0 Å². The van der Waals surface area contributed by atoms with E-state index in [0.717, 1.165) is 26.2 Å². The van der Waals surface area contributed by atoms with Gasteiger partial charge in [-0.1, -0.05) is 70.6 Å². The molecule has 0 bridgehead atoms. The molecule has 4 heteroatoms. The number of hydrogen-bond donors (Lipinski definition) is 4. The zero-order valence-corrected chi connectivity index (χ0v) is 15.7. The molecule has 0 amide bonds. The molecule has 0 fully saturated rings. The van der Waals surface area contributed by atoms with Gasteiger partial charge in [-0.25, -0.2) is 0 Å². The summed E-state index contributed by atoms with van der Waals surface area (Å²) in [6.45, 7) is 3.41. The molecule has 0 aromatic rings. The standard InChI is InChI=1S/C10H24N2.C9H22N2/c11-9-7-5-3-1-2-4-6-8-10-12;10-8-6-4-2-1-3-5-7-9-11/h1-12H2;1-11H2. The predicted molar refractivity (Wildman–Crippen MR) is 105 cm³/mol. The van der Waals surface area contributed by atoms with Crippen molar-refractivity contribution in [1.29, 1.82) is 0 Å². The Hall–Kier alpha value is -0.160. The van der Waals surface area contributed by atoms with Crippen LogP contribution in [-0.4, -0.2) is 26.2 Å².